The van der Waals surface area contributed by atoms with Crippen molar-refractivity contribution in [2.24, 2.45) is 0 Å². The number of hydrogen-bond acceptors (Lipinski definition) is 7. The number of hydrogen-bond donors (Lipinski definition) is 4. The third-order valence-corrected chi connectivity index (χ3v) is 5.21. The zero-order valence-corrected chi connectivity index (χ0v) is 17.3. The number of aliphatic carboxylic acids is 1. The van der Waals surface area contributed by atoms with Gasteiger partial charge >= 0.3 is 5.97 Å². The number of carboxylic acid groups (broad SMARTS) is 1. The summed E-state index contributed by atoms with van der Waals surface area (Å²) in [6, 6.07) is 10.5. The van der Waals surface area contributed by atoms with E-state index in [2.05, 4.69) is 10.0 Å². The number of carbonyl (C=O) groups excluding carboxylic acids is 1. The number of amides is 1. The molecule has 9 nitrogen and oxygen atoms in total. The Labute approximate surface area is 172 Å². The molecule has 29 heavy (non-hydrogen) atoms. The molecule has 0 spiro atoms. The lowest BCUT2D eigenvalue weighted by atomic mass is 10.2. The molecule has 0 aliphatic rings. The molecule has 0 fully saturated rings. The van der Waals surface area contributed by atoms with Crippen molar-refractivity contribution >= 4 is 45.0 Å². The van der Waals surface area contributed by atoms with Crippen molar-refractivity contribution in [2.75, 3.05) is 22.5 Å². The van der Waals surface area contributed by atoms with Gasteiger partial charge in [-0.3, -0.25) is 9.52 Å². The van der Waals surface area contributed by atoms with E-state index in [0.29, 0.717) is 10.6 Å². The summed E-state index contributed by atoms with van der Waals surface area (Å²) >= 11 is 1.07. The Hall–Kier alpha value is -2.92. The smallest absolute Gasteiger partial charge is 0.327 e. The van der Waals surface area contributed by atoms with Crippen LogP contribution in [0.5, 0.6) is 11.5 Å². The molecule has 0 bridgehead atoms. The topological polar surface area (TPSA) is 148 Å². The van der Waals surface area contributed by atoms with E-state index >= 15 is 0 Å². The SMILES string of the molecule is CC(=O)NC(CSc1cc(NS(C)(=O)=O)c(Oc2ccccc2)cc1N)C(=O)O. The van der Waals surface area contributed by atoms with E-state index in [0.717, 1.165) is 18.0 Å². The number of thioether (sulfide) groups is 1. The van der Waals surface area contributed by atoms with Crippen LogP contribution < -0.4 is 20.5 Å². The summed E-state index contributed by atoms with van der Waals surface area (Å²) in [5.74, 6) is -0.988. The van der Waals surface area contributed by atoms with Gasteiger partial charge in [-0.15, -0.1) is 11.8 Å². The van der Waals surface area contributed by atoms with Crippen molar-refractivity contribution in [1.29, 1.82) is 0 Å². The number of para-hydroxylation sites is 1. The standard InChI is InChI=1S/C18H21N3O6S2/c1-11(22)20-15(18(23)24)10-28-17-9-14(21-29(2,25)26)16(8-13(17)19)27-12-6-4-3-5-7-12/h3-9,15,21H,10,19H2,1-2H3,(H,20,22)(H,23,24). The van der Waals surface area contributed by atoms with Crippen LogP contribution in [0.3, 0.4) is 0 Å². The lowest BCUT2D eigenvalue weighted by Crippen LogP contribution is -2.41. The predicted octanol–water partition coefficient (Wildman–Crippen LogP) is 2.11. The van der Waals surface area contributed by atoms with Gasteiger partial charge in [0.05, 0.1) is 11.9 Å². The Bertz CT molecular complexity index is 996. The van der Waals surface area contributed by atoms with E-state index in [4.69, 9.17) is 10.5 Å². The van der Waals surface area contributed by atoms with E-state index in [-0.39, 0.29) is 22.9 Å². The van der Waals surface area contributed by atoms with Gasteiger partial charge in [0, 0.05) is 29.3 Å². The van der Waals surface area contributed by atoms with Gasteiger partial charge in [0.25, 0.3) is 0 Å². The predicted molar refractivity (Wildman–Crippen MR) is 112 cm³/mol. The molecule has 1 amide bonds. The van der Waals surface area contributed by atoms with Crippen LogP contribution in [0.2, 0.25) is 0 Å². The van der Waals surface area contributed by atoms with Crippen LogP contribution in [0.4, 0.5) is 11.4 Å². The third-order valence-electron chi connectivity index (χ3n) is 3.46. The van der Waals surface area contributed by atoms with Crippen LogP contribution in [-0.2, 0) is 19.6 Å². The summed E-state index contributed by atoms with van der Waals surface area (Å²) in [5.41, 5.74) is 6.48. The number of carboxylic acids is 1. The number of nitrogens with two attached hydrogens (primary N) is 1. The highest BCUT2D eigenvalue weighted by Gasteiger charge is 2.20. The molecule has 2 aromatic rings. The zero-order chi connectivity index (χ0) is 21.6. The Kier molecular flexibility index (Phi) is 7.35. The molecule has 2 rings (SSSR count). The van der Waals surface area contributed by atoms with E-state index in [1.165, 1.54) is 19.1 Å². The quantitative estimate of drug-likeness (QED) is 0.343. The minimum absolute atomic E-state index is 0.00365. The summed E-state index contributed by atoms with van der Waals surface area (Å²) in [5, 5.41) is 11.5. The molecule has 1 atom stereocenters. The van der Waals surface area contributed by atoms with Crippen LogP contribution in [0.25, 0.3) is 0 Å². The fourth-order valence-corrected chi connectivity index (χ4v) is 3.83. The van der Waals surface area contributed by atoms with Gasteiger partial charge in [-0.25, -0.2) is 13.2 Å². The summed E-state index contributed by atoms with van der Waals surface area (Å²) in [7, 11) is -3.61. The Morgan fingerprint density at radius 1 is 1.24 bits per heavy atom. The Morgan fingerprint density at radius 2 is 1.90 bits per heavy atom. The number of nitrogens with one attached hydrogen (secondary N) is 2. The highest BCUT2D eigenvalue weighted by atomic mass is 32.2. The van der Waals surface area contributed by atoms with Gasteiger partial charge in [0.1, 0.15) is 11.8 Å². The average molecular weight is 440 g/mol. The summed E-state index contributed by atoms with van der Waals surface area (Å²) in [4.78, 5) is 22.9. The van der Waals surface area contributed by atoms with E-state index in [9.17, 15) is 23.1 Å². The summed E-state index contributed by atoms with van der Waals surface area (Å²) in [6.07, 6.45) is 1.000. The van der Waals surface area contributed by atoms with Gasteiger partial charge in [0.2, 0.25) is 15.9 Å². The number of sulfonamides is 1. The molecule has 2 aromatic carbocycles. The lowest BCUT2D eigenvalue weighted by molar-refractivity contribution is -0.140. The van der Waals surface area contributed by atoms with Crippen molar-refractivity contribution in [3.63, 3.8) is 0 Å². The zero-order valence-electron chi connectivity index (χ0n) is 15.7. The molecule has 0 aromatic heterocycles. The second-order valence-corrected chi connectivity index (χ2v) is 8.89. The van der Waals surface area contributed by atoms with Gasteiger partial charge in [-0.2, -0.15) is 0 Å². The van der Waals surface area contributed by atoms with Crippen molar-refractivity contribution in [3.05, 3.63) is 42.5 Å². The van der Waals surface area contributed by atoms with Crippen molar-refractivity contribution < 1.29 is 27.9 Å². The maximum Gasteiger partial charge on any atom is 0.327 e. The Balaban J connectivity index is 2.32. The van der Waals surface area contributed by atoms with E-state index < -0.39 is 27.9 Å². The number of anilines is 2. The molecule has 156 valence electrons. The van der Waals surface area contributed by atoms with Crippen molar-refractivity contribution in [3.8, 4) is 11.5 Å². The highest BCUT2D eigenvalue weighted by molar-refractivity contribution is 7.99. The average Bonchev–Trinajstić information content (AvgIpc) is 2.61. The van der Waals surface area contributed by atoms with Crippen molar-refractivity contribution in [1.82, 2.24) is 5.32 Å². The van der Waals surface area contributed by atoms with E-state index in [1.54, 1.807) is 24.3 Å². The minimum atomic E-state index is -3.61. The van der Waals surface area contributed by atoms with Gasteiger partial charge in [0.15, 0.2) is 5.75 Å². The van der Waals surface area contributed by atoms with E-state index in [1.807, 2.05) is 6.07 Å². The lowest BCUT2D eigenvalue weighted by Gasteiger charge is -2.17. The maximum atomic E-state index is 11.7. The second kappa shape index (κ2) is 9.52. The molecule has 0 saturated heterocycles. The van der Waals surface area contributed by atoms with Crippen LogP contribution in [0, 0.1) is 0 Å². The maximum absolute atomic E-state index is 11.7. The fourth-order valence-electron chi connectivity index (χ4n) is 2.27. The molecule has 11 heteroatoms. The number of nitrogen functional groups attached to an aromatic ring is 1. The minimum Gasteiger partial charge on any atom is -0.480 e. The number of benzene rings is 2. The highest BCUT2D eigenvalue weighted by Crippen LogP contribution is 2.38. The second-order valence-electron chi connectivity index (χ2n) is 6.08. The number of carbonyl (C=O) groups is 2. The van der Waals surface area contributed by atoms with Crippen LogP contribution in [0.15, 0.2) is 47.4 Å². The molecule has 0 heterocycles. The first-order chi connectivity index (χ1) is 13.5. The van der Waals surface area contributed by atoms with Crippen LogP contribution in [0.1, 0.15) is 6.92 Å². The molecule has 0 aliphatic heterocycles. The van der Waals surface area contributed by atoms with Gasteiger partial charge < -0.3 is 20.9 Å². The van der Waals surface area contributed by atoms with Crippen LogP contribution in [-0.4, -0.2) is 43.5 Å². The monoisotopic (exact) mass is 439 g/mol. The van der Waals surface area contributed by atoms with Gasteiger partial charge in [-0.1, -0.05) is 18.2 Å². The fraction of sp³-hybridized carbons (Fsp3) is 0.222. The summed E-state index contributed by atoms with van der Waals surface area (Å²) < 4.78 is 31.6. The molecule has 0 saturated carbocycles. The first-order valence-corrected chi connectivity index (χ1v) is 11.2. The molecular weight excluding hydrogens is 418 g/mol. The van der Waals surface area contributed by atoms with Crippen molar-refractivity contribution in [2.45, 2.75) is 17.9 Å². The summed E-state index contributed by atoms with van der Waals surface area (Å²) in [6.45, 7) is 1.22. The third kappa shape index (κ3) is 7.20. The molecule has 5 N–H and O–H groups in total. The van der Waals surface area contributed by atoms with Gasteiger partial charge in [-0.05, 0) is 18.2 Å². The first-order valence-electron chi connectivity index (χ1n) is 8.32. The molecule has 0 radical (unpaired) electrons. The number of ether oxygens (including phenoxy) is 1. The Morgan fingerprint density at radius 3 is 2.45 bits per heavy atom. The van der Waals surface area contributed by atoms with Crippen LogP contribution >= 0.6 is 11.8 Å². The largest absolute Gasteiger partial charge is 0.480 e. The molecule has 1 unspecified atom stereocenters. The molecule has 0 aliphatic carbocycles. The molecular formula is C18H21N3O6S2. The number of rotatable bonds is 9. The first kappa shape index (κ1) is 22.4. The normalized spacial score (nSPS) is 12.1.